The number of nitrogens with one attached hydrogen (secondary N) is 1. The highest BCUT2D eigenvalue weighted by molar-refractivity contribution is 7.10. The number of nitrogens with zero attached hydrogens (tertiary/aromatic N) is 3. The second-order valence-electron chi connectivity index (χ2n) is 2.91. The number of rotatable bonds is 3. The van der Waals surface area contributed by atoms with Crippen LogP contribution in [-0.2, 0) is 6.54 Å². The monoisotopic (exact) mass is 220 g/mol. The van der Waals surface area contributed by atoms with E-state index in [-0.39, 0.29) is 0 Å². The third-order valence-electron chi connectivity index (χ3n) is 1.72. The van der Waals surface area contributed by atoms with E-state index in [0.29, 0.717) is 23.9 Å². The predicted octanol–water partition coefficient (Wildman–Crippen LogP) is 1.92. The second-order valence-corrected chi connectivity index (χ2v) is 3.91. The zero-order valence-electron chi connectivity index (χ0n) is 8.02. The molecule has 0 spiro atoms. The number of anilines is 1. The van der Waals surface area contributed by atoms with Crippen molar-refractivity contribution in [3.8, 4) is 6.07 Å². The summed E-state index contributed by atoms with van der Waals surface area (Å²) in [6, 6.07) is 4.32. The van der Waals surface area contributed by atoms with Crippen LogP contribution in [0.2, 0.25) is 0 Å². The SMILES string of the molecule is Cc1noc(NCc2cc(C#N)cs2)n1. The van der Waals surface area contributed by atoms with E-state index in [9.17, 15) is 0 Å². The zero-order valence-corrected chi connectivity index (χ0v) is 8.84. The third-order valence-corrected chi connectivity index (χ3v) is 2.66. The predicted molar refractivity (Wildman–Crippen MR) is 55.4 cm³/mol. The van der Waals surface area contributed by atoms with E-state index in [1.807, 2.05) is 11.4 Å². The number of aromatic nitrogens is 2. The van der Waals surface area contributed by atoms with Crippen molar-refractivity contribution in [1.82, 2.24) is 10.1 Å². The molecule has 0 aliphatic carbocycles. The van der Waals surface area contributed by atoms with Crippen LogP contribution >= 0.6 is 11.3 Å². The van der Waals surface area contributed by atoms with Crippen molar-refractivity contribution >= 4 is 17.4 Å². The molecular weight excluding hydrogens is 212 g/mol. The fraction of sp³-hybridized carbons (Fsp3) is 0.222. The van der Waals surface area contributed by atoms with Crippen molar-refractivity contribution in [2.45, 2.75) is 13.5 Å². The Balaban J connectivity index is 1.96. The minimum Gasteiger partial charge on any atom is -0.333 e. The van der Waals surface area contributed by atoms with Crippen molar-refractivity contribution in [2.75, 3.05) is 5.32 Å². The van der Waals surface area contributed by atoms with E-state index in [1.165, 1.54) is 11.3 Å². The Morgan fingerprint density at radius 2 is 2.53 bits per heavy atom. The topological polar surface area (TPSA) is 74.7 Å². The van der Waals surface area contributed by atoms with Crippen LogP contribution < -0.4 is 5.32 Å². The molecule has 15 heavy (non-hydrogen) atoms. The van der Waals surface area contributed by atoms with Crippen LogP contribution in [0.25, 0.3) is 0 Å². The van der Waals surface area contributed by atoms with Gasteiger partial charge in [0, 0.05) is 10.3 Å². The van der Waals surface area contributed by atoms with E-state index in [0.717, 1.165) is 4.88 Å². The maximum atomic E-state index is 8.63. The molecule has 76 valence electrons. The Morgan fingerprint density at radius 1 is 1.67 bits per heavy atom. The van der Waals surface area contributed by atoms with E-state index in [2.05, 4.69) is 21.5 Å². The average molecular weight is 220 g/mol. The molecule has 0 unspecified atom stereocenters. The molecule has 0 fully saturated rings. The summed E-state index contributed by atoms with van der Waals surface area (Å²) in [5, 5.41) is 17.1. The van der Waals surface area contributed by atoms with Gasteiger partial charge in [0.05, 0.1) is 12.1 Å². The molecule has 2 rings (SSSR count). The molecule has 0 aromatic carbocycles. The van der Waals surface area contributed by atoms with Gasteiger partial charge in [0.1, 0.15) is 6.07 Å². The molecule has 0 aliphatic rings. The first kappa shape index (κ1) is 9.68. The van der Waals surface area contributed by atoms with E-state index in [1.54, 1.807) is 6.92 Å². The first-order valence-corrected chi connectivity index (χ1v) is 5.17. The van der Waals surface area contributed by atoms with Gasteiger partial charge >= 0.3 is 6.01 Å². The number of aryl methyl sites for hydroxylation is 1. The highest BCUT2D eigenvalue weighted by atomic mass is 32.1. The van der Waals surface area contributed by atoms with Crippen LogP contribution in [0.3, 0.4) is 0 Å². The lowest BCUT2D eigenvalue weighted by atomic mass is 10.3. The standard InChI is InChI=1S/C9H8N4OS/c1-6-12-9(14-13-6)11-4-8-2-7(3-10)5-15-8/h2,5H,4H2,1H3,(H,11,12,13). The van der Waals surface area contributed by atoms with Crippen LogP contribution in [0.15, 0.2) is 16.0 Å². The van der Waals surface area contributed by atoms with Crippen LogP contribution in [0.1, 0.15) is 16.3 Å². The van der Waals surface area contributed by atoms with Gasteiger partial charge in [0.25, 0.3) is 0 Å². The minimum atomic E-state index is 0.402. The summed E-state index contributed by atoms with van der Waals surface area (Å²) in [5.74, 6) is 0.599. The lowest BCUT2D eigenvalue weighted by molar-refractivity contribution is 0.425. The second kappa shape index (κ2) is 4.11. The van der Waals surface area contributed by atoms with Crippen molar-refractivity contribution in [1.29, 1.82) is 5.26 Å². The summed E-state index contributed by atoms with van der Waals surface area (Å²) in [7, 11) is 0. The van der Waals surface area contributed by atoms with Crippen LogP contribution in [0.4, 0.5) is 6.01 Å². The molecule has 0 saturated heterocycles. The van der Waals surface area contributed by atoms with E-state index in [4.69, 9.17) is 9.78 Å². The van der Waals surface area contributed by atoms with Crippen LogP contribution in [0, 0.1) is 18.3 Å². The summed E-state index contributed by atoms with van der Waals surface area (Å²) in [6.07, 6.45) is 0. The quantitative estimate of drug-likeness (QED) is 0.855. The summed E-state index contributed by atoms with van der Waals surface area (Å²) in [6.45, 7) is 2.35. The Labute approximate surface area is 90.4 Å². The largest absolute Gasteiger partial charge is 0.333 e. The van der Waals surface area contributed by atoms with Crippen LogP contribution in [-0.4, -0.2) is 10.1 Å². The van der Waals surface area contributed by atoms with Crippen molar-refractivity contribution in [2.24, 2.45) is 0 Å². The molecule has 0 amide bonds. The minimum absolute atomic E-state index is 0.402. The Bertz CT molecular complexity index is 496. The van der Waals surface area contributed by atoms with Gasteiger partial charge in [-0.25, -0.2) is 0 Å². The van der Waals surface area contributed by atoms with Crippen molar-refractivity contribution in [3.63, 3.8) is 0 Å². The van der Waals surface area contributed by atoms with E-state index >= 15 is 0 Å². The fourth-order valence-corrected chi connectivity index (χ4v) is 1.81. The average Bonchev–Trinajstić information content (AvgIpc) is 2.83. The van der Waals surface area contributed by atoms with Gasteiger partial charge in [-0.15, -0.1) is 11.3 Å². The summed E-state index contributed by atoms with van der Waals surface area (Å²) < 4.78 is 4.89. The highest BCUT2D eigenvalue weighted by Crippen LogP contribution is 2.15. The van der Waals surface area contributed by atoms with Gasteiger partial charge < -0.3 is 9.84 Å². The smallest absolute Gasteiger partial charge is 0.321 e. The van der Waals surface area contributed by atoms with Crippen LogP contribution in [0.5, 0.6) is 0 Å². The lowest BCUT2D eigenvalue weighted by Gasteiger charge is -1.95. The molecule has 2 heterocycles. The number of nitriles is 1. The van der Waals surface area contributed by atoms with Crippen molar-refractivity contribution < 1.29 is 4.52 Å². The highest BCUT2D eigenvalue weighted by Gasteiger charge is 2.03. The maximum absolute atomic E-state index is 8.63. The summed E-state index contributed by atoms with van der Waals surface area (Å²) >= 11 is 1.53. The molecule has 2 aromatic rings. The van der Waals surface area contributed by atoms with E-state index < -0.39 is 0 Å². The zero-order chi connectivity index (χ0) is 10.7. The molecule has 0 bridgehead atoms. The molecular formula is C9H8N4OS. The number of thiophene rings is 1. The third kappa shape index (κ3) is 2.33. The molecule has 6 heteroatoms. The molecule has 0 saturated carbocycles. The lowest BCUT2D eigenvalue weighted by Crippen LogP contribution is -1.97. The summed E-state index contributed by atoms with van der Waals surface area (Å²) in [5.41, 5.74) is 0.679. The summed E-state index contributed by atoms with van der Waals surface area (Å²) in [4.78, 5) is 5.06. The molecule has 0 radical (unpaired) electrons. The number of hydrogen-bond acceptors (Lipinski definition) is 6. The normalized spacial score (nSPS) is 9.87. The Morgan fingerprint density at radius 3 is 3.13 bits per heavy atom. The Hall–Kier alpha value is -1.87. The van der Waals surface area contributed by atoms with Gasteiger partial charge in [-0.3, -0.25) is 0 Å². The molecule has 1 N–H and O–H groups in total. The molecule has 0 aliphatic heterocycles. The molecule has 0 atom stereocenters. The molecule has 2 aromatic heterocycles. The Kier molecular flexibility index (Phi) is 2.65. The first-order chi connectivity index (χ1) is 7.28. The first-order valence-electron chi connectivity index (χ1n) is 4.29. The number of hydrogen-bond donors (Lipinski definition) is 1. The van der Waals surface area contributed by atoms with Gasteiger partial charge in [-0.05, 0) is 13.0 Å². The van der Waals surface area contributed by atoms with Crippen molar-refractivity contribution in [3.05, 3.63) is 27.7 Å². The maximum Gasteiger partial charge on any atom is 0.321 e. The fourth-order valence-electron chi connectivity index (χ4n) is 1.06. The van der Waals surface area contributed by atoms with Gasteiger partial charge in [-0.1, -0.05) is 5.16 Å². The van der Waals surface area contributed by atoms with Gasteiger partial charge in [0.2, 0.25) is 0 Å². The molecule has 5 nitrogen and oxygen atoms in total. The van der Waals surface area contributed by atoms with Gasteiger partial charge in [0.15, 0.2) is 5.82 Å². The van der Waals surface area contributed by atoms with Gasteiger partial charge in [-0.2, -0.15) is 10.2 Å².